The molecule has 0 bridgehead atoms. The monoisotopic (exact) mass is 410 g/mol. The second kappa shape index (κ2) is 6.75. The highest BCUT2D eigenvalue weighted by atomic mass is 19.1. The third-order valence-electron chi connectivity index (χ3n) is 5.35. The highest BCUT2D eigenvalue weighted by Crippen LogP contribution is 2.37. The Morgan fingerprint density at radius 3 is 2.62 bits per heavy atom. The van der Waals surface area contributed by atoms with Crippen molar-refractivity contribution >= 4 is 29.5 Å². The predicted octanol–water partition coefficient (Wildman–Crippen LogP) is 1.11. The van der Waals surface area contributed by atoms with Crippen molar-refractivity contribution in [1.82, 2.24) is 10.6 Å². The number of alkyl carbamates (subject to hydrolysis) is 1. The van der Waals surface area contributed by atoms with Gasteiger partial charge in [0, 0.05) is 25.6 Å². The molecule has 1 aromatic carbocycles. The highest BCUT2D eigenvalue weighted by molar-refractivity contribution is 5.90. The van der Waals surface area contributed by atoms with Gasteiger partial charge in [0.05, 0.1) is 31.4 Å². The number of halogens is 2. The first-order valence-corrected chi connectivity index (χ1v) is 9.12. The first-order valence-electron chi connectivity index (χ1n) is 9.12. The third kappa shape index (κ3) is 3.40. The molecule has 3 aliphatic heterocycles. The van der Waals surface area contributed by atoms with Crippen molar-refractivity contribution in [2.75, 3.05) is 36.0 Å². The number of benzene rings is 1. The van der Waals surface area contributed by atoms with E-state index in [1.165, 1.54) is 11.8 Å². The first-order chi connectivity index (χ1) is 13.7. The fraction of sp³-hybridized carbons (Fsp3) is 0.500. The maximum atomic E-state index is 14.8. The lowest BCUT2D eigenvalue weighted by Crippen LogP contribution is -2.39. The van der Waals surface area contributed by atoms with Crippen LogP contribution >= 0.6 is 0 Å². The van der Waals surface area contributed by atoms with Gasteiger partial charge in [-0.3, -0.25) is 9.69 Å². The zero-order chi connectivity index (χ0) is 20.9. The van der Waals surface area contributed by atoms with Crippen LogP contribution in [0.25, 0.3) is 0 Å². The number of cyclic esters (lactones) is 1. The number of nitrogens with one attached hydrogen (secondary N) is 2. The number of rotatable bonds is 4. The smallest absolute Gasteiger partial charge is 0.414 e. The summed E-state index contributed by atoms with van der Waals surface area (Å²) in [6.45, 7) is 3.53. The zero-order valence-corrected chi connectivity index (χ0v) is 15.8. The molecule has 0 unspecified atom stereocenters. The Balaban J connectivity index is 1.52. The molecule has 1 aromatic rings. The fourth-order valence-corrected chi connectivity index (χ4v) is 3.93. The molecule has 3 saturated heterocycles. The summed E-state index contributed by atoms with van der Waals surface area (Å²) in [6.07, 6.45) is -1.91. The summed E-state index contributed by atoms with van der Waals surface area (Å²) in [5.41, 5.74) is -1.09. The van der Waals surface area contributed by atoms with Crippen LogP contribution in [-0.2, 0) is 14.3 Å². The van der Waals surface area contributed by atoms with Crippen LogP contribution in [0.4, 0.5) is 29.7 Å². The normalized spacial score (nSPS) is 28.1. The molecule has 156 valence electrons. The van der Waals surface area contributed by atoms with Gasteiger partial charge in [-0.15, -0.1) is 0 Å². The molecule has 0 saturated carbocycles. The molecule has 3 fully saturated rings. The van der Waals surface area contributed by atoms with E-state index in [2.05, 4.69) is 10.6 Å². The molecular weight excluding hydrogens is 390 g/mol. The van der Waals surface area contributed by atoms with Gasteiger partial charge >= 0.3 is 12.2 Å². The summed E-state index contributed by atoms with van der Waals surface area (Å²) in [5.74, 6) is -1.95. The van der Waals surface area contributed by atoms with Gasteiger partial charge in [0.25, 0.3) is 0 Å². The average Bonchev–Trinajstić information content (AvgIpc) is 3.20. The van der Waals surface area contributed by atoms with Crippen LogP contribution in [0.3, 0.4) is 0 Å². The first kappa shape index (κ1) is 19.2. The summed E-state index contributed by atoms with van der Waals surface area (Å²) in [7, 11) is 0. The minimum Gasteiger partial charge on any atom is -0.442 e. The lowest BCUT2D eigenvalue weighted by atomic mass is 10.0. The molecule has 29 heavy (non-hydrogen) atoms. The summed E-state index contributed by atoms with van der Waals surface area (Å²) in [5, 5.41) is 5.17. The zero-order valence-electron chi connectivity index (χ0n) is 15.8. The molecular formula is C18H20F2N4O5. The van der Waals surface area contributed by atoms with Crippen molar-refractivity contribution in [2.45, 2.75) is 31.6 Å². The number of ether oxygens (including phenoxy) is 2. The van der Waals surface area contributed by atoms with Crippen LogP contribution in [0.2, 0.25) is 0 Å². The quantitative estimate of drug-likeness (QED) is 0.772. The Kier molecular flexibility index (Phi) is 4.47. The Hall–Kier alpha value is -3.11. The lowest BCUT2D eigenvalue weighted by Gasteiger charge is -2.24. The molecule has 0 aromatic heterocycles. The summed E-state index contributed by atoms with van der Waals surface area (Å²) < 4.78 is 40.0. The molecule has 4 rings (SSSR count). The van der Waals surface area contributed by atoms with Crippen LogP contribution in [0.5, 0.6) is 0 Å². The minimum atomic E-state index is -0.871. The summed E-state index contributed by atoms with van der Waals surface area (Å²) >= 11 is 0. The van der Waals surface area contributed by atoms with E-state index in [0.717, 1.165) is 17.0 Å². The number of carbonyl (C=O) groups is 3. The van der Waals surface area contributed by atoms with Gasteiger partial charge in [-0.25, -0.2) is 18.4 Å². The van der Waals surface area contributed by atoms with E-state index >= 15 is 0 Å². The van der Waals surface area contributed by atoms with Crippen LogP contribution in [0.1, 0.15) is 13.8 Å². The van der Waals surface area contributed by atoms with Gasteiger partial charge in [-0.05, 0) is 6.92 Å². The van der Waals surface area contributed by atoms with Crippen molar-refractivity contribution in [3.63, 3.8) is 0 Å². The number of hydrogen-bond acceptors (Lipinski definition) is 6. The predicted molar refractivity (Wildman–Crippen MR) is 96.7 cm³/mol. The van der Waals surface area contributed by atoms with E-state index in [-0.39, 0.29) is 49.5 Å². The largest absolute Gasteiger partial charge is 0.442 e. The molecule has 3 heterocycles. The maximum absolute atomic E-state index is 14.8. The van der Waals surface area contributed by atoms with Gasteiger partial charge in [-0.2, -0.15) is 0 Å². The van der Waals surface area contributed by atoms with Gasteiger partial charge in [0.15, 0.2) is 17.2 Å². The fourth-order valence-electron chi connectivity index (χ4n) is 3.93. The van der Waals surface area contributed by atoms with Crippen molar-refractivity contribution in [3.8, 4) is 0 Å². The Labute approximate surface area is 164 Å². The van der Waals surface area contributed by atoms with E-state index in [4.69, 9.17) is 9.47 Å². The number of anilines is 2. The number of amides is 3. The molecule has 3 aliphatic rings. The van der Waals surface area contributed by atoms with E-state index < -0.39 is 35.5 Å². The maximum Gasteiger partial charge on any atom is 0.414 e. The Bertz CT molecular complexity index is 874. The van der Waals surface area contributed by atoms with Gasteiger partial charge in [0.1, 0.15) is 11.8 Å². The molecule has 3 atom stereocenters. The van der Waals surface area contributed by atoms with Gasteiger partial charge < -0.3 is 25.0 Å². The highest BCUT2D eigenvalue weighted by Gasteiger charge is 2.52. The Morgan fingerprint density at radius 2 is 2.00 bits per heavy atom. The second-order valence-electron chi connectivity index (χ2n) is 7.59. The molecule has 9 nitrogen and oxygen atoms in total. The van der Waals surface area contributed by atoms with Crippen LogP contribution < -0.4 is 20.4 Å². The van der Waals surface area contributed by atoms with Crippen LogP contribution in [0, 0.1) is 11.6 Å². The lowest BCUT2D eigenvalue weighted by molar-refractivity contribution is -0.119. The van der Waals surface area contributed by atoms with Gasteiger partial charge in [0.2, 0.25) is 5.91 Å². The Morgan fingerprint density at radius 1 is 1.31 bits per heavy atom. The molecule has 11 heteroatoms. The van der Waals surface area contributed by atoms with E-state index in [0.29, 0.717) is 0 Å². The SMILES string of the molecule is CC(=O)NC[C@H]1CN(c2cc(F)c(N3C[C@H]4NC(=O)O[C@@]4(C)C3)c(F)c2)C(=O)O1. The molecule has 0 radical (unpaired) electrons. The van der Waals surface area contributed by atoms with Crippen molar-refractivity contribution in [2.24, 2.45) is 0 Å². The van der Waals surface area contributed by atoms with E-state index in [1.54, 1.807) is 6.92 Å². The molecule has 0 spiro atoms. The average molecular weight is 410 g/mol. The van der Waals surface area contributed by atoms with Crippen molar-refractivity contribution in [3.05, 3.63) is 23.8 Å². The van der Waals surface area contributed by atoms with Crippen molar-refractivity contribution < 1.29 is 32.6 Å². The number of carbonyl (C=O) groups excluding carboxylic acids is 3. The minimum absolute atomic E-state index is 0.0224. The van der Waals surface area contributed by atoms with E-state index in [1.807, 2.05) is 0 Å². The second-order valence-corrected chi connectivity index (χ2v) is 7.59. The molecule has 0 aliphatic carbocycles. The summed E-state index contributed by atoms with van der Waals surface area (Å²) in [6, 6.07) is 1.75. The number of hydrogen-bond donors (Lipinski definition) is 2. The molecule has 3 amide bonds. The van der Waals surface area contributed by atoms with E-state index in [9.17, 15) is 23.2 Å². The third-order valence-corrected chi connectivity index (χ3v) is 5.35. The van der Waals surface area contributed by atoms with Crippen LogP contribution in [0.15, 0.2) is 12.1 Å². The standard InChI is InChI=1S/C18H20F2N4O5/c1-9(25)21-5-11-6-24(17(27)28-11)10-3-12(19)15(13(20)4-10)23-7-14-18(2,8-23)29-16(26)22-14/h3-4,11,14H,5-8H2,1-2H3,(H,21,25)(H,22,26)/t11-,14+,18-/m0/s1. The van der Waals surface area contributed by atoms with Crippen molar-refractivity contribution in [1.29, 1.82) is 0 Å². The number of nitrogens with zero attached hydrogens (tertiary/aromatic N) is 2. The topological polar surface area (TPSA) is 100 Å². The van der Waals surface area contributed by atoms with Crippen LogP contribution in [-0.4, -0.2) is 62.0 Å². The van der Waals surface area contributed by atoms with Gasteiger partial charge in [-0.1, -0.05) is 0 Å². The summed E-state index contributed by atoms with van der Waals surface area (Å²) in [4.78, 5) is 37.1. The number of fused-ring (bicyclic) bond motifs is 1. The molecule has 2 N–H and O–H groups in total.